The fourth-order valence-corrected chi connectivity index (χ4v) is 4.44. The Morgan fingerprint density at radius 3 is 2.56 bits per heavy atom. The number of hydrogen-bond donors (Lipinski definition) is 1. The summed E-state index contributed by atoms with van der Waals surface area (Å²) in [7, 11) is 0. The normalized spacial score (nSPS) is 16.0. The van der Waals surface area contributed by atoms with Crippen LogP contribution in [0.5, 0.6) is 0 Å². The molecule has 5 nitrogen and oxygen atoms in total. The average Bonchev–Trinajstić information content (AvgIpc) is 3.33. The molecule has 0 radical (unpaired) electrons. The van der Waals surface area contributed by atoms with Gasteiger partial charge in [0.25, 0.3) is 5.89 Å². The summed E-state index contributed by atoms with van der Waals surface area (Å²) in [5.41, 5.74) is 4.31. The Labute approximate surface area is 206 Å². The molecule has 3 aromatic carbocycles. The minimum absolute atomic E-state index is 0.282. The molecule has 0 amide bonds. The van der Waals surface area contributed by atoms with E-state index in [-0.39, 0.29) is 11.9 Å². The number of nitrogens with zero attached hydrogens (tertiary/aromatic N) is 3. The Kier molecular flexibility index (Phi) is 6.13. The number of aromatic nitrogens is 2. The van der Waals surface area contributed by atoms with E-state index in [1.807, 2.05) is 66.4 Å². The zero-order chi connectivity index (χ0) is 23.7. The lowest BCUT2D eigenvalue weighted by molar-refractivity contribution is 0.396. The number of benzene rings is 3. The minimum Gasteiger partial charge on any atom is -0.351 e. The zero-order valence-corrected chi connectivity index (χ0v) is 19.8. The Morgan fingerprint density at radius 1 is 1.06 bits per heavy atom. The number of rotatable bonds is 5. The third kappa shape index (κ3) is 4.44. The topological polar surface area (TPSA) is 54.2 Å². The smallest absolute Gasteiger partial charge is 0.258 e. The van der Waals surface area contributed by atoms with Gasteiger partial charge in [-0.3, -0.25) is 0 Å². The Morgan fingerprint density at radius 2 is 1.82 bits per heavy atom. The second-order valence-corrected chi connectivity index (χ2v) is 8.76. The first-order chi connectivity index (χ1) is 16.5. The molecule has 34 heavy (non-hydrogen) atoms. The number of halogens is 2. The minimum atomic E-state index is -0.361. The predicted octanol–water partition coefficient (Wildman–Crippen LogP) is 6.39. The molecule has 0 saturated heterocycles. The molecule has 0 fully saturated rings. The molecule has 5 rings (SSSR count). The van der Waals surface area contributed by atoms with Crippen LogP contribution in [0.3, 0.4) is 0 Å². The van der Waals surface area contributed by atoms with Crippen molar-refractivity contribution in [1.29, 1.82) is 0 Å². The maximum absolute atomic E-state index is 13.8. The molecular formula is C26H20ClFN4OS. The van der Waals surface area contributed by atoms with Crippen molar-refractivity contribution in [2.24, 2.45) is 0 Å². The predicted molar refractivity (Wildman–Crippen MR) is 134 cm³/mol. The van der Waals surface area contributed by atoms with Gasteiger partial charge in [-0.05, 0) is 54.5 Å². The van der Waals surface area contributed by atoms with Crippen LogP contribution in [0.15, 0.2) is 89.1 Å². The van der Waals surface area contributed by atoms with Gasteiger partial charge in [0.15, 0.2) is 5.11 Å². The summed E-state index contributed by atoms with van der Waals surface area (Å²) < 4.78 is 19.5. The first-order valence-electron chi connectivity index (χ1n) is 10.7. The van der Waals surface area contributed by atoms with Crippen LogP contribution < -0.4 is 5.32 Å². The molecule has 1 aliphatic heterocycles. The van der Waals surface area contributed by atoms with Crippen LogP contribution in [0.4, 0.5) is 4.39 Å². The molecule has 0 aliphatic carbocycles. The lowest BCUT2D eigenvalue weighted by Crippen LogP contribution is -2.45. The van der Waals surface area contributed by atoms with Gasteiger partial charge in [0, 0.05) is 22.8 Å². The van der Waals surface area contributed by atoms with Crippen molar-refractivity contribution in [3.05, 3.63) is 112 Å². The molecule has 8 heteroatoms. The second-order valence-electron chi connectivity index (χ2n) is 7.94. The summed E-state index contributed by atoms with van der Waals surface area (Å²) >= 11 is 11.8. The number of nitrogens with one attached hydrogen (secondary N) is 1. The van der Waals surface area contributed by atoms with E-state index in [2.05, 4.69) is 15.5 Å². The lowest BCUT2D eigenvalue weighted by atomic mass is 9.94. The van der Waals surface area contributed by atoms with Gasteiger partial charge in [-0.2, -0.15) is 4.98 Å². The third-order valence-electron chi connectivity index (χ3n) is 5.72. The van der Waals surface area contributed by atoms with Gasteiger partial charge in [-0.25, -0.2) is 4.39 Å². The van der Waals surface area contributed by atoms with E-state index in [1.54, 1.807) is 12.1 Å². The highest BCUT2D eigenvalue weighted by Crippen LogP contribution is 2.38. The summed E-state index contributed by atoms with van der Waals surface area (Å²) in [6.07, 6.45) is 0. The van der Waals surface area contributed by atoms with E-state index in [4.69, 9.17) is 28.3 Å². The number of allylic oxidation sites excluding steroid dienone is 1. The van der Waals surface area contributed by atoms with Crippen LogP contribution in [0, 0.1) is 5.82 Å². The van der Waals surface area contributed by atoms with Gasteiger partial charge < -0.3 is 14.7 Å². The fraction of sp³-hybridized carbons (Fsp3) is 0.115. The number of thiocarbonyl (C=S) groups is 1. The maximum Gasteiger partial charge on any atom is 0.258 e. The molecular weight excluding hydrogens is 471 g/mol. The first-order valence-corrected chi connectivity index (χ1v) is 11.5. The largest absolute Gasteiger partial charge is 0.351 e. The molecule has 0 bridgehead atoms. The van der Waals surface area contributed by atoms with Crippen molar-refractivity contribution in [1.82, 2.24) is 20.4 Å². The molecule has 1 unspecified atom stereocenters. The molecule has 1 atom stereocenters. The summed E-state index contributed by atoms with van der Waals surface area (Å²) in [4.78, 5) is 6.62. The highest BCUT2D eigenvalue weighted by atomic mass is 35.5. The van der Waals surface area contributed by atoms with Crippen LogP contribution in [0.2, 0.25) is 5.02 Å². The van der Waals surface area contributed by atoms with Crippen molar-refractivity contribution in [3.63, 3.8) is 0 Å². The zero-order valence-electron chi connectivity index (χ0n) is 18.2. The van der Waals surface area contributed by atoms with E-state index in [9.17, 15) is 4.39 Å². The Bertz CT molecular complexity index is 1370. The van der Waals surface area contributed by atoms with Crippen LogP contribution in [-0.4, -0.2) is 20.2 Å². The van der Waals surface area contributed by atoms with Gasteiger partial charge in [-0.1, -0.05) is 71.4 Å². The quantitative estimate of drug-likeness (QED) is 0.327. The Balaban J connectivity index is 1.59. The molecule has 170 valence electrons. The van der Waals surface area contributed by atoms with E-state index >= 15 is 0 Å². The summed E-state index contributed by atoms with van der Waals surface area (Å²) in [6.45, 7) is 2.53. The van der Waals surface area contributed by atoms with E-state index in [0.717, 1.165) is 22.4 Å². The van der Waals surface area contributed by atoms with Gasteiger partial charge >= 0.3 is 0 Å². The fourth-order valence-electron chi connectivity index (χ4n) is 3.99. The summed E-state index contributed by atoms with van der Waals surface area (Å²) in [5.74, 6) is 0.306. The van der Waals surface area contributed by atoms with Crippen molar-refractivity contribution >= 4 is 34.5 Å². The van der Waals surface area contributed by atoms with Gasteiger partial charge in [0.05, 0.1) is 11.6 Å². The standard InChI is InChI=1S/C26H20ClFN4OS/c1-16-22(25-30-24(31-33-25)19-8-5-9-21(28)14-19)23(18-6-3-2-4-7-18)29-26(34)32(16)15-17-10-12-20(27)13-11-17/h2-14,23H,15H2,1H3,(H,29,34). The van der Waals surface area contributed by atoms with Crippen LogP contribution >= 0.6 is 23.8 Å². The molecule has 1 aromatic heterocycles. The van der Waals surface area contributed by atoms with Crippen molar-refractivity contribution in [3.8, 4) is 11.4 Å². The summed E-state index contributed by atoms with van der Waals surface area (Å²) in [5, 5.41) is 8.83. The van der Waals surface area contributed by atoms with Crippen LogP contribution in [-0.2, 0) is 6.54 Å². The average molecular weight is 491 g/mol. The van der Waals surface area contributed by atoms with E-state index < -0.39 is 0 Å². The highest BCUT2D eigenvalue weighted by molar-refractivity contribution is 7.80. The van der Waals surface area contributed by atoms with E-state index in [1.165, 1.54) is 12.1 Å². The van der Waals surface area contributed by atoms with Crippen molar-refractivity contribution in [2.75, 3.05) is 0 Å². The molecule has 0 spiro atoms. The van der Waals surface area contributed by atoms with Gasteiger partial charge in [0.1, 0.15) is 5.82 Å². The molecule has 1 aliphatic rings. The first kappa shape index (κ1) is 22.3. The SMILES string of the molecule is CC1=C(c2nc(-c3cccc(F)c3)no2)C(c2ccccc2)NC(=S)N1Cc1ccc(Cl)cc1. The Hall–Kier alpha value is -3.55. The number of hydrogen-bond acceptors (Lipinski definition) is 4. The van der Waals surface area contributed by atoms with Crippen molar-refractivity contribution in [2.45, 2.75) is 19.5 Å². The van der Waals surface area contributed by atoms with Gasteiger partial charge in [-0.15, -0.1) is 0 Å². The third-order valence-corrected chi connectivity index (χ3v) is 6.31. The van der Waals surface area contributed by atoms with Crippen LogP contribution in [0.25, 0.3) is 17.0 Å². The van der Waals surface area contributed by atoms with Crippen LogP contribution in [0.1, 0.15) is 30.0 Å². The monoisotopic (exact) mass is 490 g/mol. The molecule has 4 aromatic rings. The molecule has 1 N–H and O–H groups in total. The van der Waals surface area contributed by atoms with Gasteiger partial charge in [0.2, 0.25) is 5.82 Å². The van der Waals surface area contributed by atoms with Crippen molar-refractivity contribution < 1.29 is 8.91 Å². The second kappa shape index (κ2) is 9.37. The van der Waals surface area contributed by atoms with E-state index in [0.29, 0.717) is 34.0 Å². The summed E-state index contributed by atoms with van der Waals surface area (Å²) in [6, 6.07) is 23.4. The molecule has 0 saturated carbocycles. The molecule has 2 heterocycles. The lowest BCUT2D eigenvalue weighted by Gasteiger charge is -2.37. The highest BCUT2D eigenvalue weighted by Gasteiger charge is 2.34. The maximum atomic E-state index is 13.8.